The molecule has 0 heterocycles. The summed E-state index contributed by atoms with van der Waals surface area (Å²) in [5.74, 6) is -0.313. The maximum absolute atomic E-state index is 13.2. The van der Waals surface area contributed by atoms with Gasteiger partial charge in [0.05, 0.1) is 6.61 Å². The first kappa shape index (κ1) is 28.1. The summed E-state index contributed by atoms with van der Waals surface area (Å²) >= 11 is 0. The molecular weight excluding hydrogens is 530 g/mol. The summed E-state index contributed by atoms with van der Waals surface area (Å²) < 4.78 is 133. The topological polar surface area (TPSA) is 104 Å². The van der Waals surface area contributed by atoms with Gasteiger partial charge in [0.2, 0.25) is 0 Å². The second kappa shape index (κ2) is 10.1. The number of ether oxygens (including phenoxy) is 2. The fraction of sp³-hybridized carbons (Fsp3) is 0.850. The van der Waals surface area contributed by atoms with E-state index in [9.17, 15) is 48.0 Å². The number of alkyl halides is 6. The van der Waals surface area contributed by atoms with E-state index in [0.717, 1.165) is 12.8 Å². The van der Waals surface area contributed by atoms with Crippen molar-refractivity contribution in [3.05, 3.63) is 12.2 Å². The molecule has 0 radical (unpaired) electrons. The van der Waals surface area contributed by atoms with E-state index in [-0.39, 0.29) is 31.3 Å². The minimum atomic E-state index is -6.83. The largest absolute Gasteiger partial charge is 0.508 e. The highest BCUT2D eigenvalue weighted by Gasteiger charge is 2.63. The molecule has 4 atom stereocenters. The van der Waals surface area contributed by atoms with Gasteiger partial charge in [0.25, 0.3) is 19.7 Å². The lowest BCUT2D eigenvalue weighted by Gasteiger charge is -2.32. The van der Waals surface area contributed by atoms with Gasteiger partial charge < -0.3 is 9.47 Å². The molecule has 2 bridgehead atoms. The first-order chi connectivity index (χ1) is 16.0. The Morgan fingerprint density at radius 2 is 1.46 bits per heavy atom. The van der Waals surface area contributed by atoms with Crippen LogP contribution >= 0.6 is 0 Å². The molecule has 202 valence electrons. The lowest BCUT2D eigenvalue weighted by atomic mass is 9.84. The van der Waals surface area contributed by atoms with Crippen molar-refractivity contribution in [3.8, 4) is 0 Å². The predicted octanol–water partition coefficient (Wildman–Crippen LogP) is 4.89. The van der Waals surface area contributed by atoms with Crippen molar-refractivity contribution >= 4 is 25.8 Å². The Bertz CT molecular complexity index is 970. The molecule has 0 aromatic rings. The highest BCUT2D eigenvalue weighted by molar-refractivity contribution is 8.09. The van der Waals surface area contributed by atoms with E-state index in [1.54, 1.807) is 0 Å². The molecule has 0 aromatic heterocycles. The van der Waals surface area contributed by atoms with E-state index in [1.165, 1.54) is 0 Å². The van der Waals surface area contributed by atoms with Gasteiger partial charge in [-0.25, -0.2) is 21.6 Å². The van der Waals surface area contributed by atoms with E-state index in [1.807, 2.05) is 12.2 Å². The van der Waals surface area contributed by atoms with Crippen LogP contribution in [0, 0.1) is 23.7 Å². The van der Waals surface area contributed by atoms with Gasteiger partial charge in [-0.15, -0.1) is 0 Å². The van der Waals surface area contributed by atoms with Crippen molar-refractivity contribution < 1.29 is 57.4 Å². The molecule has 0 aromatic carbocycles. The summed E-state index contributed by atoms with van der Waals surface area (Å²) in [6.07, 6.45) is 2.85. The average molecular weight is 557 g/mol. The zero-order chi connectivity index (χ0) is 26.2. The van der Waals surface area contributed by atoms with Crippen LogP contribution in [0.2, 0.25) is 0 Å². The van der Waals surface area contributed by atoms with Crippen LogP contribution in [0.3, 0.4) is 0 Å². The number of halogens is 6. The molecule has 0 amide bonds. The fourth-order valence-electron chi connectivity index (χ4n) is 5.17. The number of hydrogen-bond donors (Lipinski definition) is 0. The van der Waals surface area contributed by atoms with Crippen molar-refractivity contribution in [3.63, 3.8) is 0 Å². The van der Waals surface area contributed by atoms with Crippen LogP contribution in [0.5, 0.6) is 0 Å². The van der Waals surface area contributed by atoms with E-state index >= 15 is 0 Å². The molecule has 2 fully saturated rings. The highest BCUT2D eigenvalue weighted by Crippen LogP contribution is 2.44. The number of allylic oxidation sites excluding steroid dienone is 2. The fourth-order valence-corrected chi connectivity index (χ4v) is 8.64. The van der Waals surface area contributed by atoms with Crippen molar-refractivity contribution in [2.24, 2.45) is 23.7 Å². The number of fused-ring (bicyclic) bond motifs is 2. The molecule has 3 aliphatic carbocycles. The van der Waals surface area contributed by atoms with Crippen molar-refractivity contribution in [1.82, 2.24) is 0 Å². The van der Waals surface area contributed by atoms with Crippen LogP contribution < -0.4 is 0 Å². The van der Waals surface area contributed by atoms with Crippen LogP contribution in [0.25, 0.3) is 0 Å². The van der Waals surface area contributed by atoms with Crippen molar-refractivity contribution in [1.29, 1.82) is 0 Å². The van der Waals surface area contributed by atoms with Gasteiger partial charge in [-0.05, 0) is 43.4 Å². The molecule has 0 N–H and O–H groups in total. The van der Waals surface area contributed by atoms with Gasteiger partial charge >= 0.3 is 17.2 Å². The minimum absolute atomic E-state index is 0.0188. The summed E-state index contributed by atoms with van der Waals surface area (Å²) in [6, 6.07) is 0. The maximum atomic E-state index is 13.2. The molecule has 0 aliphatic heterocycles. The number of carbonyl (C=O) groups excluding carboxylic acids is 1. The van der Waals surface area contributed by atoms with Gasteiger partial charge in [-0.3, -0.25) is 0 Å². The molecule has 35 heavy (non-hydrogen) atoms. The lowest BCUT2D eigenvalue weighted by Crippen LogP contribution is -2.48. The molecule has 3 aliphatic rings. The zero-order valence-corrected chi connectivity index (χ0v) is 20.1. The highest BCUT2D eigenvalue weighted by atomic mass is 32.3. The Hall–Kier alpha value is -1.51. The molecule has 0 spiro atoms. The van der Waals surface area contributed by atoms with Crippen molar-refractivity contribution in [2.75, 3.05) is 6.61 Å². The van der Waals surface area contributed by atoms with Crippen LogP contribution in [-0.4, -0.2) is 51.3 Å². The molecule has 3 rings (SSSR count). The monoisotopic (exact) mass is 556 g/mol. The average Bonchev–Trinajstić information content (AvgIpc) is 3.37. The van der Waals surface area contributed by atoms with Crippen LogP contribution in [0.4, 0.5) is 31.1 Å². The molecule has 15 heteroatoms. The summed E-state index contributed by atoms with van der Waals surface area (Å²) in [4.78, 5) is 12.3. The number of carbonyl (C=O) groups is 1. The Balaban J connectivity index is 1.82. The van der Waals surface area contributed by atoms with Gasteiger partial charge in [0.1, 0.15) is 6.10 Å². The summed E-state index contributed by atoms with van der Waals surface area (Å²) in [5, 5.41) is 0. The number of sulfone groups is 2. The molecule has 4 unspecified atom stereocenters. The lowest BCUT2D eigenvalue weighted by molar-refractivity contribution is -0.0487. The van der Waals surface area contributed by atoms with Gasteiger partial charge in [0, 0.05) is 12.3 Å². The third-order valence-electron chi connectivity index (χ3n) is 7.02. The first-order valence-corrected chi connectivity index (χ1v) is 14.3. The molecule has 2 saturated carbocycles. The van der Waals surface area contributed by atoms with E-state index < -0.39 is 59.9 Å². The zero-order valence-electron chi connectivity index (χ0n) is 18.4. The Labute approximate surface area is 199 Å². The Kier molecular flexibility index (Phi) is 8.10. The molecule has 0 saturated heterocycles. The predicted molar refractivity (Wildman–Crippen MR) is 110 cm³/mol. The minimum Gasteiger partial charge on any atom is -0.434 e. The summed E-state index contributed by atoms with van der Waals surface area (Å²) in [6.45, 7) is -0.0904. The van der Waals surface area contributed by atoms with Crippen LogP contribution in [0.1, 0.15) is 51.4 Å². The summed E-state index contributed by atoms with van der Waals surface area (Å²) in [5.41, 5.74) is -12.5. The smallest absolute Gasteiger partial charge is 0.434 e. The maximum Gasteiger partial charge on any atom is 0.508 e. The third kappa shape index (κ3) is 6.08. The van der Waals surface area contributed by atoms with Crippen molar-refractivity contribution in [2.45, 2.75) is 73.1 Å². The van der Waals surface area contributed by atoms with Crippen LogP contribution in [0.15, 0.2) is 12.2 Å². The van der Waals surface area contributed by atoms with Gasteiger partial charge in [-0.2, -0.15) is 26.3 Å². The first-order valence-electron chi connectivity index (χ1n) is 11.2. The summed E-state index contributed by atoms with van der Waals surface area (Å²) in [7, 11) is -13.7. The van der Waals surface area contributed by atoms with Gasteiger partial charge in [-0.1, -0.05) is 31.4 Å². The number of hydrogen-bond acceptors (Lipinski definition) is 7. The second-order valence-corrected chi connectivity index (χ2v) is 13.8. The Morgan fingerprint density at radius 1 is 0.886 bits per heavy atom. The SMILES string of the molecule is O=C(OCC1CC2C=CC1C2)OC(CC(S(=O)(=O)C(F)(F)F)S(=O)(=O)C(F)(F)F)C1CCCCC1. The molecule has 7 nitrogen and oxygen atoms in total. The normalized spacial score (nSPS) is 26.8. The van der Waals surface area contributed by atoms with Gasteiger partial charge in [0.15, 0.2) is 4.58 Å². The molecular formula is C20H26F6O7S2. The van der Waals surface area contributed by atoms with E-state index in [4.69, 9.17) is 9.47 Å². The number of rotatable bonds is 8. The van der Waals surface area contributed by atoms with E-state index in [2.05, 4.69) is 0 Å². The quantitative estimate of drug-likeness (QED) is 0.238. The Morgan fingerprint density at radius 3 is 1.91 bits per heavy atom. The standard InChI is InChI=1S/C20H26F6O7S2/c21-19(22,23)34(28,29)17(35(30,31)20(24,25)26)10-16(13-4-2-1-3-5-13)33-18(27)32-11-15-9-12-6-7-14(15)8-12/h6-7,12-17H,1-5,8-11H2. The second-order valence-electron chi connectivity index (χ2n) is 9.30. The van der Waals surface area contributed by atoms with E-state index in [0.29, 0.717) is 25.2 Å². The third-order valence-corrected chi connectivity index (χ3v) is 11.6. The van der Waals surface area contributed by atoms with Crippen LogP contribution in [-0.2, 0) is 29.1 Å².